The number of nitrogen functional groups attached to an aromatic ring is 1. The van der Waals surface area contributed by atoms with Crippen molar-refractivity contribution in [3.63, 3.8) is 0 Å². The first-order valence-electron chi connectivity index (χ1n) is 6.31. The summed E-state index contributed by atoms with van der Waals surface area (Å²) in [5, 5.41) is 12.0. The molecule has 0 saturated heterocycles. The molecule has 0 bridgehead atoms. The van der Waals surface area contributed by atoms with E-state index in [1.54, 1.807) is 0 Å². The van der Waals surface area contributed by atoms with Crippen molar-refractivity contribution in [2.75, 3.05) is 5.73 Å². The van der Waals surface area contributed by atoms with Gasteiger partial charge in [-0.25, -0.2) is 0 Å². The Bertz CT molecular complexity index is 431. The lowest BCUT2D eigenvalue weighted by Crippen LogP contribution is -3.00. The molecular weight excluding hydrogens is 395 g/mol. The second-order valence-electron chi connectivity index (χ2n) is 4.98. The average Bonchev–Trinajstić information content (AvgIpc) is 2.32. The molecule has 0 heterocycles. The molecule has 0 spiro atoms. The van der Waals surface area contributed by atoms with E-state index in [0.29, 0.717) is 6.04 Å². The standard InChI is InChI=1S/C13H18Br2N2O.ClH/c14-9-4-8(13(16)12(15)5-9)7-17-10-2-1-3-11(18)6-10;/h4-5,10-11,17-18H,1-3,6-7,16H2;1H/t10-,11+;/m0./s1. The van der Waals surface area contributed by atoms with Crippen LogP contribution >= 0.6 is 31.9 Å². The minimum absolute atomic E-state index is 0. The summed E-state index contributed by atoms with van der Waals surface area (Å²) < 4.78 is 1.97. The van der Waals surface area contributed by atoms with E-state index in [2.05, 4.69) is 43.2 Å². The number of rotatable bonds is 3. The Hall–Kier alpha value is 0.190. The Kier molecular flexibility index (Phi) is 7.11. The molecule has 108 valence electrons. The van der Waals surface area contributed by atoms with Crippen LogP contribution in [-0.2, 0) is 6.54 Å². The van der Waals surface area contributed by atoms with Gasteiger partial charge < -0.3 is 28.6 Å². The molecule has 0 amide bonds. The van der Waals surface area contributed by atoms with Gasteiger partial charge in [0, 0.05) is 20.9 Å². The third-order valence-electron chi connectivity index (χ3n) is 3.54. The highest BCUT2D eigenvalue weighted by atomic mass is 79.9. The number of hydrogen-bond acceptors (Lipinski definition) is 2. The summed E-state index contributed by atoms with van der Waals surface area (Å²) in [7, 11) is 0. The summed E-state index contributed by atoms with van der Waals surface area (Å²) in [5.41, 5.74) is 8.00. The second kappa shape index (κ2) is 7.84. The SMILES string of the molecule is Nc1c(Br)cc(Br)cc1C[NH2+][C@H]1CCC[C@@H](O)C1.[Cl-]. The van der Waals surface area contributed by atoms with Gasteiger partial charge in [-0.05, 0) is 47.3 Å². The summed E-state index contributed by atoms with van der Waals surface area (Å²) in [6, 6.07) is 4.55. The van der Waals surface area contributed by atoms with Crippen LogP contribution in [0.2, 0.25) is 0 Å². The number of anilines is 1. The van der Waals surface area contributed by atoms with Crippen molar-refractivity contribution in [2.24, 2.45) is 0 Å². The van der Waals surface area contributed by atoms with Crippen LogP contribution in [-0.4, -0.2) is 17.3 Å². The Morgan fingerprint density at radius 1 is 1.32 bits per heavy atom. The van der Waals surface area contributed by atoms with E-state index < -0.39 is 0 Å². The molecular formula is C13H19Br2ClN2O. The van der Waals surface area contributed by atoms with Crippen LogP contribution < -0.4 is 23.5 Å². The molecule has 1 aliphatic rings. The molecule has 6 heteroatoms. The van der Waals surface area contributed by atoms with Crippen molar-refractivity contribution in [2.45, 2.75) is 44.4 Å². The molecule has 5 N–H and O–H groups in total. The molecule has 1 aromatic rings. The van der Waals surface area contributed by atoms with Gasteiger partial charge in [0.05, 0.1) is 17.8 Å². The zero-order valence-corrected chi connectivity index (χ0v) is 14.5. The number of nitrogens with two attached hydrogens (primary N) is 2. The van der Waals surface area contributed by atoms with Gasteiger partial charge in [-0.3, -0.25) is 0 Å². The molecule has 3 nitrogen and oxygen atoms in total. The van der Waals surface area contributed by atoms with Crippen LogP contribution in [0.25, 0.3) is 0 Å². The lowest BCUT2D eigenvalue weighted by atomic mass is 9.93. The number of aliphatic hydroxyl groups is 1. The van der Waals surface area contributed by atoms with Crippen molar-refractivity contribution in [1.29, 1.82) is 0 Å². The molecule has 2 rings (SSSR count). The van der Waals surface area contributed by atoms with Crippen molar-refractivity contribution >= 4 is 37.5 Å². The summed E-state index contributed by atoms with van der Waals surface area (Å²) in [6.45, 7) is 0.862. The van der Waals surface area contributed by atoms with Crippen LogP contribution in [0.5, 0.6) is 0 Å². The fraction of sp³-hybridized carbons (Fsp3) is 0.538. The number of quaternary nitrogens is 1. The second-order valence-corrected chi connectivity index (χ2v) is 6.75. The van der Waals surface area contributed by atoms with E-state index in [4.69, 9.17) is 5.73 Å². The van der Waals surface area contributed by atoms with E-state index in [9.17, 15) is 5.11 Å². The molecule has 0 radical (unpaired) electrons. The van der Waals surface area contributed by atoms with Crippen molar-refractivity contribution < 1.29 is 22.8 Å². The number of benzene rings is 1. The quantitative estimate of drug-likeness (QED) is 0.565. The predicted molar refractivity (Wildman–Crippen MR) is 80.1 cm³/mol. The summed E-state index contributed by atoms with van der Waals surface area (Å²) >= 11 is 6.95. The van der Waals surface area contributed by atoms with Crippen LogP contribution in [0.1, 0.15) is 31.2 Å². The van der Waals surface area contributed by atoms with Crippen LogP contribution in [0, 0.1) is 0 Å². The largest absolute Gasteiger partial charge is 1.00 e. The van der Waals surface area contributed by atoms with Gasteiger partial charge in [0.15, 0.2) is 0 Å². The van der Waals surface area contributed by atoms with Gasteiger partial charge >= 0.3 is 0 Å². The lowest BCUT2D eigenvalue weighted by molar-refractivity contribution is -0.707. The van der Waals surface area contributed by atoms with Crippen molar-refractivity contribution in [3.05, 3.63) is 26.6 Å². The minimum atomic E-state index is -0.119. The van der Waals surface area contributed by atoms with Crippen molar-refractivity contribution in [3.8, 4) is 0 Å². The summed E-state index contributed by atoms with van der Waals surface area (Å²) in [6.07, 6.45) is 4.04. The Morgan fingerprint density at radius 2 is 2.05 bits per heavy atom. The molecule has 1 fully saturated rings. The molecule has 1 saturated carbocycles. The molecule has 2 atom stereocenters. The lowest BCUT2D eigenvalue weighted by Gasteiger charge is -2.24. The van der Waals surface area contributed by atoms with Crippen molar-refractivity contribution in [1.82, 2.24) is 0 Å². The maximum absolute atomic E-state index is 9.66. The highest BCUT2D eigenvalue weighted by Gasteiger charge is 2.22. The van der Waals surface area contributed by atoms with E-state index in [-0.39, 0.29) is 18.5 Å². The fourth-order valence-corrected chi connectivity index (χ4v) is 3.83. The number of hydrogen-bond donors (Lipinski definition) is 3. The Morgan fingerprint density at radius 3 is 2.74 bits per heavy atom. The van der Waals surface area contributed by atoms with Gasteiger partial charge in [-0.1, -0.05) is 15.9 Å². The minimum Gasteiger partial charge on any atom is -1.00 e. The van der Waals surface area contributed by atoms with Crippen LogP contribution in [0.15, 0.2) is 21.1 Å². The van der Waals surface area contributed by atoms with E-state index in [0.717, 1.165) is 46.0 Å². The molecule has 1 aromatic carbocycles. The summed E-state index contributed by atoms with van der Waals surface area (Å²) in [4.78, 5) is 0. The number of halogens is 3. The van der Waals surface area contributed by atoms with Gasteiger partial charge in [-0.15, -0.1) is 0 Å². The normalized spacial score (nSPS) is 22.9. The molecule has 0 aromatic heterocycles. The first-order valence-corrected chi connectivity index (χ1v) is 7.89. The molecule has 1 aliphatic carbocycles. The van der Waals surface area contributed by atoms with Gasteiger partial charge in [-0.2, -0.15) is 0 Å². The average molecular weight is 415 g/mol. The van der Waals surface area contributed by atoms with Crippen LogP contribution in [0.4, 0.5) is 5.69 Å². The van der Waals surface area contributed by atoms with Gasteiger partial charge in [0.2, 0.25) is 0 Å². The van der Waals surface area contributed by atoms with Crippen LogP contribution in [0.3, 0.4) is 0 Å². The maximum Gasteiger partial charge on any atom is 0.104 e. The van der Waals surface area contributed by atoms with Gasteiger partial charge in [0.25, 0.3) is 0 Å². The van der Waals surface area contributed by atoms with E-state index in [1.165, 1.54) is 6.42 Å². The third kappa shape index (κ3) is 4.90. The predicted octanol–water partition coefficient (Wildman–Crippen LogP) is -0.835. The maximum atomic E-state index is 9.66. The smallest absolute Gasteiger partial charge is 0.104 e. The third-order valence-corrected chi connectivity index (χ3v) is 4.65. The molecule has 0 unspecified atom stereocenters. The highest BCUT2D eigenvalue weighted by molar-refractivity contribution is 9.11. The monoisotopic (exact) mass is 412 g/mol. The zero-order valence-electron chi connectivity index (χ0n) is 10.6. The first kappa shape index (κ1) is 17.2. The summed E-state index contributed by atoms with van der Waals surface area (Å²) in [5.74, 6) is 0. The zero-order chi connectivity index (χ0) is 13.1. The fourth-order valence-electron chi connectivity index (χ4n) is 2.52. The van der Waals surface area contributed by atoms with E-state index >= 15 is 0 Å². The first-order chi connectivity index (χ1) is 8.56. The van der Waals surface area contributed by atoms with E-state index in [1.807, 2.05) is 6.07 Å². The Labute approximate surface area is 137 Å². The van der Waals surface area contributed by atoms with Gasteiger partial charge in [0.1, 0.15) is 6.54 Å². The topological polar surface area (TPSA) is 62.9 Å². The highest BCUT2D eigenvalue weighted by Crippen LogP contribution is 2.27. The Balaban J connectivity index is 0.00000180. The number of aliphatic hydroxyl groups excluding tert-OH is 1. The molecule has 0 aliphatic heterocycles. The molecule has 19 heavy (non-hydrogen) atoms.